The van der Waals surface area contributed by atoms with Gasteiger partial charge in [0.2, 0.25) is 0 Å². The molecule has 1 rings (SSSR count). The summed E-state index contributed by atoms with van der Waals surface area (Å²) in [5.74, 6) is 0.212. The SMILES string of the molecule is COP(=O)(OC)OC(=CBr)c1ccc(Cl)cc1Cl. The van der Waals surface area contributed by atoms with Gasteiger partial charge in [0, 0.05) is 29.8 Å². The molecule has 100 valence electrons. The van der Waals surface area contributed by atoms with Crippen molar-refractivity contribution < 1.29 is 18.1 Å². The maximum Gasteiger partial charge on any atom is 0.529 e. The van der Waals surface area contributed by atoms with Crippen LogP contribution in [0.1, 0.15) is 5.56 Å². The fourth-order valence-electron chi connectivity index (χ4n) is 1.09. The molecular formula is C10H10BrCl2O4P. The minimum Gasteiger partial charge on any atom is -0.403 e. The summed E-state index contributed by atoms with van der Waals surface area (Å²) in [4.78, 5) is 1.42. The molecule has 1 aromatic rings. The van der Waals surface area contributed by atoms with Gasteiger partial charge in [0.05, 0.1) is 5.02 Å². The first kappa shape index (κ1) is 16.0. The summed E-state index contributed by atoms with van der Waals surface area (Å²) in [6.45, 7) is 0. The summed E-state index contributed by atoms with van der Waals surface area (Å²) in [6.07, 6.45) is 0. The molecule has 4 nitrogen and oxygen atoms in total. The highest BCUT2D eigenvalue weighted by Crippen LogP contribution is 2.52. The topological polar surface area (TPSA) is 44.8 Å². The highest BCUT2D eigenvalue weighted by atomic mass is 79.9. The number of phosphoric acid groups is 1. The van der Waals surface area contributed by atoms with Gasteiger partial charge in [-0.25, -0.2) is 4.57 Å². The van der Waals surface area contributed by atoms with E-state index in [4.69, 9.17) is 27.7 Å². The third-order valence-electron chi connectivity index (χ3n) is 1.95. The normalized spacial score (nSPS) is 12.6. The first-order chi connectivity index (χ1) is 8.45. The monoisotopic (exact) mass is 374 g/mol. The lowest BCUT2D eigenvalue weighted by Crippen LogP contribution is -1.95. The number of benzene rings is 1. The molecule has 0 atom stereocenters. The van der Waals surface area contributed by atoms with Crippen molar-refractivity contribution in [2.75, 3.05) is 14.2 Å². The molecule has 0 heterocycles. The first-order valence-electron chi connectivity index (χ1n) is 4.62. The molecule has 18 heavy (non-hydrogen) atoms. The van der Waals surface area contributed by atoms with Crippen LogP contribution < -0.4 is 0 Å². The van der Waals surface area contributed by atoms with Gasteiger partial charge in [0.15, 0.2) is 0 Å². The third-order valence-corrected chi connectivity index (χ3v) is 4.23. The highest BCUT2D eigenvalue weighted by Gasteiger charge is 2.27. The lowest BCUT2D eigenvalue weighted by atomic mass is 10.2. The van der Waals surface area contributed by atoms with Gasteiger partial charge in [-0.3, -0.25) is 9.05 Å². The molecule has 0 bridgehead atoms. The molecule has 0 spiro atoms. The Morgan fingerprint density at radius 2 is 1.94 bits per heavy atom. The number of hydrogen-bond donors (Lipinski definition) is 0. The van der Waals surface area contributed by atoms with Crippen molar-refractivity contribution in [2.24, 2.45) is 0 Å². The molecular weight excluding hydrogens is 366 g/mol. The zero-order valence-electron chi connectivity index (χ0n) is 9.52. The summed E-state index contributed by atoms with van der Waals surface area (Å²) in [7, 11) is -1.20. The molecule has 0 unspecified atom stereocenters. The molecule has 0 radical (unpaired) electrons. The Hall–Kier alpha value is -0.0300. The second-order valence-electron chi connectivity index (χ2n) is 3.00. The van der Waals surface area contributed by atoms with Crippen LogP contribution >= 0.6 is 47.0 Å². The van der Waals surface area contributed by atoms with Crippen LogP contribution in [0.15, 0.2) is 23.2 Å². The maximum absolute atomic E-state index is 11.9. The van der Waals surface area contributed by atoms with Crippen LogP contribution in [-0.2, 0) is 18.1 Å². The number of phosphoric ester groups is 1. The highest BCUT2D eigenvalue weighted by molar-refractivity contribution is 9.11. The van der Waals surface area contributed by atoms with E-state index in [2.05, 4.69) is 25.0 Å². The lowest BCUT2D eigenvalue weighted by Gasteiger charge is -2.17. The predicted molar refractivity (Wildman–Crippen MR) is 76.1 cm³/mol. The van der Waals surface area contributed by atoms with Crippen molar-refractivity contribution >= 4 is 52.7 Å². The molecule has 8 heteroatoms. The van der Waals surface area contributed by atoms with Crippen LogP contribution in [0.25, 0.3) is 5.76 Å². The molecule has 0 amide bonds. The molecule has 0 saturated heterocycles. The largest absolute Gasteiger partial charge is 0.529 e. The van der Waals surface area contributed by atoms with Crippen molar-refractivity contribution in [3.05, 3.63) is 38.8 Å². The fraction of sp³-hybridized carbons (Fsp3) is 0.200. The molecule has 0 aliphatic rings. The van der Waals surface area contributed by atoms with Crippen molar-refractivity contribution in [3.8, 4) is 0 Å². The average Bonchev–Trinajstić information content (AvgIpc) is 2.36. The lowest BCUT2D eigenvalue weighted by molar-refractivity contribution is 0.201. The smallest absolute Gasteiger partial charge is 0.403 e. The standard InChI is InChI=1S/C10H10BrCl2O4P/c1-15-18(14,16-2)17-10(6-11)8-4-3-7(12)5-9(8)13/h3-6H,1-2H3. The molecule has 0 aliphatic heterocycles. The van der Waals surface area contributed by atoms with E-state index in [1.54, 1.807) is 18.2 Å². The summed E-state index contributed by atoms with van der Waals surface area (Å²) in [5.41, 5.74) is 0.507. The van der Waals surface area contributed by atoms with Gasteiger partial charge < -0.3 is 4.52 Å². The Morgan fingerprint density at radius 3 is 2.39 bits per heavy atom. The van der Waals surface area contributed by atoms with Gasteiger partial charge >= 0.3 is 7.82 Å². The zero-order chi connectivity index (χ0) is 13.8. The molecule has 1 aromatic carbocycles. The Labute approximate surface area is 124 Å². The van der Waals surface area contributed by atoms with Gasteiger partial charge in [-0.1, -0.05) is 39.1 Å². The minimum atomic E-state index is -3.64. The molecule has 0 aromatic heterocycles. The van der Waals surface area contributed by atoms with E-state index >= 15 is 0 Å². The second kappa shape index (κ2) is 6.94. The van der Waals surface area contributed by atoms with Crippen LogP contribution in [0.2, 0.25) is 10.0 Å². The number of hydrogen-bond acceptors (Lipinski definition) is 4. The van der Waals surface area contributed by atoms with E-state index in [1.165, 1.54) is 19.2 Å². The zero-order valence-corrected chi connectivity index (χ0v) is 13.5. The van der Waals surface area contributed by atoms with E-state index in [-0.39, 0.29) is 5.76 Å². The van der Waals surface area contributed by atoms with Gasteiger partial charge in [-0.2, -0.15) is 0 Å². The minimum absolute atomic E-state index is 0.212. The van der Waals surface area contributed by atoms with E-state index in [1.807, 2.05) is 0 Å². The molecule has 0 aliphatic carbocycles. The van der Waals surface area contributed by atoms with E-state index < -0.39 is 7.82 Å². The first-order valence-corrected chi connectivity index (χ1v) is 7.76. The third kappa shape index (κ3) is 3.98. The van der Waals surface area contributed by atoms with Gasteiger partial charge in [0.25, 0.3) is 0 Å². The van der Waals surface area contributed by atoms with Crippen LogP contribution in [0.5, 0.6) is 0 Å². The fourth-order valence-corrected chi connectivity index (χ4v) is 2.76. The van der Waals surface area contributed by atoms with Crippen molar-refractivity contribution in [1.82, 2.24) is 0 Å². The van der Waals surface area contributed by atoms with Gasteiger partial charge in [-0.15, -0.1) is 0 Å². The Kier molecular flexibility index (Phi) is 6.18. The van der Waals surface area contributed by atoms with E-state index in [9.17, 15) is 4.57 Å². The molecule has 0 N–H and O–H groups in total. The van der Waals surface area contributed by atoms with E-state index in [0.717, 1.165) is 0 Å². The number of rotatable bonds is 5. The van der Waals surface area contributed by atoms with E-state index in [0.29, 0.717) is 15.6 Å². The Morgan fingerprint density at radius 1 is 1.33 bits per heavy atom. The van der Waals surface area contributed by atoms with Gasteiger partial charge in [0.1, 0.15) is 5.76 Å². The van der Waals surface area contributed by atoms with Crippen LogP contribution in [0, 0.1) is 0 Å². The quantitative estimate of drug-likeness (QED) is 0.530. The summed E-state index contributed by atoms with van der Waals surface area (Å²) in [5, 5.41) is 0.839. The second-order valence-corrected chi connectivity index (χ2v) is 6.11. The number of halogens is 3. The summed E-state index contributed by atoms with van der Waals surface area (Å²) < 4.78 is 26.4. The Balaban J connectivity index is 3.09. The molecule has 0 saturated carbocycles. The van der Waals surface area contributed by atoms with Crippen molar-refractivity contribution in [2.45, 2.75) is 0 Å². The summed E-state index contributed by atoms with van der Waals surface area (Å²) in [6, 6.07) is 4.81. The summed E-state index contributed by atoms with van der Waals surface area (Å²) >= 11 is 14.9. The predicted octanol–water partition coefficient (Wildman–Crippen LogP) is 5.10. The Bertz CT molecular complexity index is 499. The van der Waals surface area contributed by atoms with Crippen LogP contribution in [-0.4, -0.2) is 14.2 Å². The van der Waals surface area contributed by atoms with Crippen molar-refractivity contribution in [3.63, 3.8) is 0 Å². The maximum atomic E-state index is 11.9. The molecule has 0 fully saturated rings. The van der Waals surface area contributed by atoms with Gasteiger partial charge in [-0.05, 0) is 18.2 Å². The van der Waals surface area contributed by atoms with Crippen LogP contribution in [0.4, 0.5) is 0 Å². The van der Waals surface area contributed by atoms with Crippen LogP contribution in [0.3, 0.4) is 0 Å². The average molecular weight is 376 g/mol. The van der Waals surface area contributed by atoms with Crippen molar-refractivity contribution in [1.29, 1.82) is 0 Å².